The molecule has 82 valence electrons. The molecule has 0 aliphatic carbocycles. The van der Waals surface area contributed by atoms with Crippen LogP contribution in [0.1, 0.15) is 16.5 Å². The number of nitrogens with two attached hydrogens (primary N) is 1. The molecule has 0 bridgehead atoms. The fraction of sp³-hybridized carbons (Fsp3) is 0.111. The van der Waals surface area contributed by atoms with Gasteiger partial charge >= 0.3 is 0 Å². The van der Waals surface area contributed by atoms with Crippen LogP contribution in [0.2, 0.25) is 0 Å². The van der Waals surface area contributed by atoms with E-state index in [9.17, 15) is 0 Å². The summed E-state index contributed by atoms with van der Waals surface area (Å²) in [6.45, 7) is 0. The van der Waals surface area contributed by atoms with Gasteiger partial charge in [-0.15, -0.1) is 23.7 Å². The molecular formula is C9H8Br2ClNS2. The number of thiophene rings is 2. The second kappa shape index (κ2) is 5.80. The lowest BCUT2D eigenvalue weighted by Gasteiger charge is -2.05. The van der Waals surface area contributed by atoms with E-state index in [-0.39, 0.29) is 18.4 Å². The van der Waals surface area contributed by atoms with E-state index >= 15 is 0 Å². The second-order valence-corrected chi connectivity index (χ2v) is 6.84. The lowest BCUT2D eigenvalue weighted by molar-refractivity contribution is 0.899. The van der Waals surface area contributed by atoms with Gasteiger partial charge in [-0.05, 0) is 60.3 Å². The van der Waals surface area contributed by atoms with Crippen LogP contribution in [0.4, 0.5) is 0 Å². The Hall–Kier alpha value is 0.610. The normalized spacial score (nSPS) is 12.2. The van der Waals surface area contributed by atoms with Gasteiger partial charge in [-0.25, -0.2) is 0 Å². The quantitative estimate of drug-likeness (QED) is 0.784. The molecule has 0 aliphatic heterocycles. The minimum atomic E-state index is -0.00569. The molecule has 0 fully saturated rings. The predicted molar refractivity (Wildman–Crippen MR) is 77.3 cm³/mol. The van der Waals surface area contributed by atoms with Crippen molar-refractivity contribution in [1.82, 2.24) is 0 Å². The first-order valence-corrected chi connectivity index (χ1v) is 7.25. The van der Waals surface area contributed by atoms with Gasteiger partial charge in [0.25, 0.3) is 0 Å². The van der Waals surface area contributed by atoms with Crippen LogP contribution in [0.15, 0.2) is 31.2 Å². The first kappa shape index (κ1) is 13.7. The molecule has 6 heteroatoms. The summed E-state index contributed by atoms with van der Waals surface area (Å²) in [4.78, 5) is 1.17. The van der Waals surface area contributed by atoms with E-state index in [1.807, 2.05) is 5.38 Å². The Morgan fingerprint density at radius 2 is 2.07 bits per heavy atom. The topological polar surface area (TPSA) is 26.0 Å². The Morgan fingerprint density at radius 1 is 1.33 bits per heavy atom. The molecule has 2 aromatic rings. The summed E-state index contributed by atoms with van der Waals surface area (Å²) in [6.07, 6.45) is 0. The highest BCUT2D eigenvalue weighted by Gasteiger charge is 2.13. The first-order valence-electron chi connectivity index (χ1n) is 3.91. The molecule has 0 saturated carbocycles. The lowest BCUT2D eigenvalue weighted by atomic mass is 10.1. The minimum Gasteiger partial charge on any atom is -0.320 e. The summed E-state index contributed by atoms with van der Waals surface area (Å²) in [5, 5.41) is 4.14. The van der Waals surface area contributed by atoms with Crippen molar-refractivity contribution in [3.05, 3.63) is 41.6 Å². The van der Waals surface area contributed by atoms with Gasteiger partial charge in [0.05, 0.1) is 9.83 Å². The summed E-state index contributed by atoms with van der Waals surface area (Å²) in [5.41, 5.74) is 7.30. The summed E-state index contributed by atoms with van der Waals surface area (Å²) in [6, 6.07) is 4.13. The summed E-state index contributed by atoms with van der Waals surface area (Å²) >= 11 is 10.3. The maximum atomic E-state index is 6.12. The average Bonchev–Trinajstić information content (AvgIpc) is 2.76. The van der Waals surface area contributed by atoms with Crippen LogP contribution in [0, 0.1) is 0 Å². The zero-order valence-electron chi connectivity index (χ0n) is 7.44. The molecule has 2 aromatic heterocycles. The van der Waals surface area contributed by atoms with Gasteiger partial charge < -0.3 is 5.73 Å². The number of hydrogen-bond donors (Lipinski definition) is 1. The van der Waals surface area contributed by atoms with Crippen molar-refractivity contribution in [2.45, 2.75) is 6.04 Å². The van der Waals surface area contributed by atoms with Gasteiger partial charge in [-0.1, -0.05) is 0 Å². The van der Waals surface area contributed by atoms with Crippen molar-refractivity contribution in [1.29, 1.82) is 0 Å². The minimum absolute atomic E-state index is 0. The van der Waals surface area contributed by atoms with Crippen LogP contribution in [-0.4, -0.2) is 0 Å². The molecule has 0 spiro atoms. The molecule has 2 heterocycles. The molecule has 0 radical (unpaired) electrons. The van der Waals surface area contributed by atoms with Crippen molar-refractivity contribution in [3.8, 4) is 0 Å². The Kier molecular flexibility index (Phi) is 5.28. The molecule has 1 atom stereocenters. The van der Waals surface area contributed by atoms with E-state index in [4.69, 9.17) is 5.73 Å². The fourth-order valence-corrected chi connectivity index (χ4v) is 3.95. The van der Waals surface area contributed by atoms with Crippen LogP contribution in [-0.2, 0) is 0 Å². The monoisotopic (exact) mass is 387 g/mol. The summed E-state index contributed by atoms with van der Waals surface area (Å²) in [5.74, 6) is 0. The average molecular weight is 390 g/mol. The van der Waals surface area contributed by atoms with E-state index in [1.165, 1.54) is 10.4 Å². The third-order valence-corrected chi connectivity index (χ3v) is 5.91. The SMILES string of the molecule is Cl.N[C@@H](c1ccsc1)c1cc(Br)c(Br)s1. The van der Waals surface area contributed by atoms with E-state index in [0.717, 1.165) is 8.26 Å². The lowest BCUT2D eigenvalue weighted by Crippen LogP contribution is -2.08. The molecular weight excluding hydrogens is 382 g/mol. The summed E-state index contributed by atoms with van der Waals surface area (Å²) in [7, 11) is 0. The third-order valence-electron chi connectivity index (χ3n) is 1.87. The van der Waals surface area contributed by atoms with Crippen LogP contribution in [0.3, 0.4) is 0 Å². The molecule has 0 saturated heterocycles. The molecule has 2 rings (SSSR count). The first-order chi connectivity index (χ1) is 6.68. The smallest absolute Gasteiger partial charge is 0.0843 e. The molecule has 0 amide bonds. The summed E-state index contributed by atoms with van der Waals surface area (Å²) < 4.78 is 2.17. The number of hydrogen-bond acceptors (Lipinski definition) is 3. The third kappa shape index (κ3) is 3.05. The standard InChI is InChI=1S/C9H7Br2NS2.ClH/c10-6-3-7(14-9(6)11)8(12)5-1-2-13-4-5;/h1-4,8H,12H2;1H/t8-;/m0./s1. The highest BCUT2D eigenvalue weighted by molar-refractivity contribution is 9.13. The zero-order valence-corrected chi connectivity index (χ0v) is 13.1. The molecule has 0 unspecified atom stereocenters. The maximum absolute atomic E-state index is 6.12. The Morgan fingerprint density at radius 3 is 2.53 bits per heavy atom. The molecule has 2 N–H and O–H groups in total. The van der Waals surface area contributed by atoms with Crippen LogP contribution >= 0.6 is 66.9 Å². The van der Waals surface area contributed by atoms with Gasteiger partial charge in [0.15, 0.2) is 0 Å². The predicted octanol–water partition coefficient (Wildman–Crippen LogP) is 4.80. The largest absolute Gasteiger partial charge is 0.320 e. The Bertz CT molecular complexity index is 408. The second-order valence-electron chi connectivity index (χ2n) is 2.80. The van der Waals surface area contributed by atoms with Crippen molar-refractivity contribution < 1.29 is 0 Å². The highest BCUT2D eigenvalue weighted by Crippen LogP contribution is 2.36. The van der Waals surface area contributed by atoms with Crippen molar-refractivity contribution in [2.24, 2.45) is 5.73 Å². The van der Waals surface area contributed by atoms with E-state index in [2.05, 4.69) is 49.4 Å². The molecule has 1 nitrogen and oxygen atoms in total. The van der Waals surface area contributed by atoms with Gasteiger partial charge in [-0.3, -0.25) is 0 Å². The Labute approximate surface area is 119 Å². The number of rotatable bonds is 2. The Balaban J connectivity index is 0.00000112. The maximum Gasteiger partial charge on any atom is 0.0843 e. The van der Waals surface area contributed by atoms with E-state index < -0.39 is 0 Å². The molecule has 15 heavy (non-hydrogen) atoms. The molecule has 0 aliphatic rings. The van der Waals surface area contributed by atoms with Crippen LogP contribution in [0.25, 0.3) is 0 Å². The zero-order chi connectivity index (χ0) is 10.1. The van der Waals surface area contributed by atoms with Crippen LogP contribution < -0.4 is 5.73 Å². The van der Waals surface area contributed by atoms with Gasteiger partial charge in [0.2, 0.25) is 0 Å². The van der Waals surface area contributed by atoms with E-state index in [1.54, 1.807) is 22.7 Å². The van der Waals surface area contributed by atoms with Gasteiger partial charge in [0, 0.05) is 9.35 Å². The highest BCUT2D eigenvalue weighted by atomic mass is 79.9. The fourth-order valence-electron chi connectivity index (χ4n) is 1.13. The number of halogens is 3. The van der Waals surface area contributed by atoms with E-state index in [0.29, 0.717) is 0 Å². The van der Waals surface area contributed by atoms with Crippen molar-refractivity contribution >= 4 is 66.9 Å². The van der Waals surface area contributed by atoms with Gasteiger partial charge in [0.1, 0.15) is 0 Å². The molecule has 0 aromatic carbocycles. The van der Waals surface area contributed by atoms with Crippen molar-refractivity contribution in [3.63, 3.8) is 0 Å². The van der Waals surface area contributed by atoms with Crippen molar-refractivity contribution in [2.75, 3.05) is 0 Å². The van der Waals surface area contributed by atoms with Gasteiger partial charge in [-0.2, -0.15) is 11.3 Å². The van der Waals surface area contributed by atoms with Crippen LogP contribution in [0.5, 0.6) is 0 Å².